The Bertz CT molecular complexity index is 1100. The lowest BCUT2D eigenvalue weighted by molar-refractivity contribution is -0.126. The molecule has 36 heavy (non-hydrogen) atoms. The van der Waals surface area contributed by atoms with Crippen molar-refractivity contribution in [3.63, 3.8) is 0 Å². The number of imidazole rings is 1. The third-order valence-corrected chi connectivity index (χ3v) is 7.35. The summed E-state index contributed by atoms with van der Waals surface area (Å²) in [6.45, 7) is 3.93. The Kier molecular flexibility index (Phi) is 8.04. The Morgan fingerprint density at radius 1 is 1.28 bits per heavy atom. The zero-order valence-corrected chi connectivity index (χ0v) is 20.8. The van der Waals surface area contributed by atoms with Gasteiger partial charge in [-0.15, -0.1) is 0 Å². The van der Waals surface area contributed by atoms with Gasteiger partial charge >= 0.3 is 0 Å². The number of benzene rings is 1. The van der Waals surface area contributed by atoms with E-state index in [9.17, 15) is 23.5 Å². The molecule has 0 spiro atoms. The minimum atomic E-state index is -0.798. The highest BCUT2D eigenvalue weighted by atomic mass is 19.1. The molecule has 1 aromatic heterocycles. The first-order valence-electron chi connectivity index (χ1n) is 12.7. The molecule has 1 unspecified atom stereocenters. The molecule has 1 saturated carbocycles. The van der Waals surface area contributed by atoms with Crippen molar-refractivity contribution in [3.8, 4) is 0 Å². The van der Waals surface area contributed by atoms with Crippen LogP contribution in [-0.2, 0) is 22.4 Å². The number of halogens is 2. The van der Waals surface area contributed by atoms with Gasteiger partial charge in [0.1, 0.15) is 17.7 Å². The number of hydrogen-bond donors (Lipinski definition) is 4. The van der Waals surface area contributed by atoms with Crippen molar-refractivity contribution in [3.05, 3.63) is 47.4 Å². The minimum Gasteiger partial charge on any atom is -0.388 e. The molecule has 10 heteroatoms. The average Bonchev–Trinajstić information content (AvgIpc) is 3.29. The van der Waals surface area contributed by atoms with E-state index in [0.717, 1.165) is 18.9 Å². The van der Waals surface area contributed by atoms with Crippen molar-refractivity contribution in [1.29, 1.82) is 0 Å². The van der Waals surface area contributed by atoms with Crippen molar-refractivity contribution in [2.45, 2.75) is 88.9 Å². The molecule has 8 nitrogen and oxygen atoms in total. The van der Waals surface area contributed by atoms with E-state index in [0.29, 0.717) is 55.5 Å². The summed E-state index contributed by atoms with van der Waals surface area (Å²) in [4.78, 5) is 29.8. The van der Waals surface area contributed by atoms with E-state index < -0.39 is 29.3 Å². The Labute approximate surface area is 209 Å². The summed E-state index contributed by atoms with van der Waals surface area (Å²) in [6, 6.07) is 1.13. The summed E-state index contributed by atoms with van der Waals surface area (Å²) in [5.74, 6) is -1.27. The molecule has 1 fully saturated rings. The second-order valence-corrected chi connectivity index (χ2v) is 10.1. The fourth-order valence-corrected chi connectivity index (χ4v) is 4.92. The summed E-state index contributed by atoms with van der Waals surface area (Å²) in [7, 11) is 0. The lowest BCUT2D eigenvalue weighted by Gasteiger charge is -2.36. The molecular weight excluding hydrogens is 468 g/mol. The molecule has 2 aliphatic rings. The molecular formula is C26H35F2N5O3. The van der Waals surface area contributed by atoms with Crippen LogP contribution in [0.3, 0.4) is 0 Å². The van der Waals surface area contributed by atoms with Crippen molar-refractivity contribution in [1.82, 2.24) is 20.2 Å². The SMILES string of the molecule is CCC[C@H](N[C@H]1CCc2cc(F)cc(F)c2C1)C(=O)Nc1cn(C(C)C(=O)NCC2(O)CCC2)cn1. The molecule has 0 aliphatic heterocycles. The van der Waals surface area contributed by atoms with Gasteiger partial charge in [-0.1, -0.05) is 13.3 Å². The number of anilines is 1. The van der Waals surface area contributed by atoms with Crippen LogP contribution in [-0.4, -0.2) is 50.7 Å². The van der Waals surface area contributed by atoms with Crippen LogP contribution in [0.1, 0.15) is 69.5 Å². The van der Waals surface area contributed by atoms with Gasteiger partial charge in [-0.3, -0.25) is 9.59 Å². The zero-order valence-electron chi connectivity index (χ0n) is 20.8. The van der Waals surface area contributed by atoms with Crippen LogP contribution in [0.15, 0.2) is 24.7 Å². The standard InChI is InChI=1S/C26H35F2N5O3/c1-3-5-22(31-19-7-6-17-10-18(27)11-21(28)20(17)12-19)25(35)32-23-13-33(15-30-23)16(2)24(34)29-14-26(36)8-4-9-26/h10-11,13,15-16,19,22,31,36H,3-9,12,14H2,1-2H3,(H,29,34)(H,32,35)/t16?,19-,22-/m0/s1. The molecule has 0 radical (unpaired) electrons. The Morgan fingerprint density at radius 2 is 2.06 bits per heavy atom. The van der Waals surface area contributed by atoms with E-state index in [1.807, 2.05) is 6.92 Å². The number of carbonyl (C=O) groups excluding carboxylic acids is 2. The first-order valence-corrected chi connectivity index (χ1v) is 12.7. The summed E-state index contributed by atoms with van der Waals surface area (Å²) < 4.78 is 29.4. The van der Waals surface area contributed by atoms with E-state index in [1.165, 1.54) is 12.4 Å². The average molecular weight is 504 g/mol. The number of aliphatic hydroxyl groups is 1. The Balaban J connectivity index is 1.33. The Morgan fingerprint density at radius 3 is 2.75 bits per heavy atom. The minimum absolute atomic E-state index is 0.105. The quantitative estimate of drug-likeness (QED) is 0.399. The fourth-order valence-electron chi connectivity index (χ4n) is 4.92. The fraction of sp³-hybridized carbons (Fsp3) is 0.577. The van der Waals surface area contributed by atoms with Gasteiger partial charge in [-0.2, -0.15) is 0 Å². The summed E-state index contributed by atoms with van der Waals surface area (Å²) in [6.07, 6.45) is 8.41. The number of fused-ring (bicyclic) bond motifs is 1. The first kappa shape index (κ1) is 26.2. The summed E-state index contributed by atoms with van der Waals surface area (Å²) in [5.41, 5.74) is 0.395. The second kappa shape index (κ2) is 11.0. The van der Waals surface area contributed by atoms with Crippen LogP contribution in [0.25, 0.3) is 0 Å². The summed E-state index contributed by atoms with van der Waals surface area (Å²) in [5, 5.41) is 19.1. The molecule has 4 N–H and O–H groups in total. The van der Waals surface area contributed by atoms with Crippen LogP contribution in [0, 0.1) is 11.6 Å². The molecule has 0 bridgehead atoms. The highest BCUT2D eigenvalue weighted by Crippen LogP contribution is 2.30. The number of nitrogens with one attached hydrogen (secondary N) is 3. The van der Waals surface area contributed by atoms with Gasteiger partial charge in [0.2, 0.25) is 11.8 Å². The molecule has 196 valence electrons. The van der Waals surface area contributed by atoms with E-state index in [4.69, 9.17) is 0 Å². The molecule has 2 aliphatic carbocycles. The van der Waals surface area contributed by atoms with Crippen molar-refractivity contribution in [2.75, 3.05) is 11.9 Å². The molecule has 1 aromatic carbocycles. The van der Waals surface area contributed by atoms with Crippen molar-refractivity contribution >= 4 is 17.6 Å². The molecule has 1 heterocycles. The van der Waals surface area contributed by atoms with Gasteiger partial charge in [-0.05, 0) is 69.1 Å². The van der Waals surface area contributed by atoms with E-state index in [1.54, 1.807) is 17.7 Å². The third kappa shape index (κ3) is 6.10. The molecule has 4 rings (SSSR count). The maximum Gasteiger partial charge on any atom is 0.242 e. The lowest BCUT2D eigenvalue weighted by atomic mass is 9.80. The molecule has 2 amide bonds. The van der Waals surface area contributed by atoms with Gasteiger partial charge < -0.3 is 25.6 Å². The van der Waals surface area contributed by atoms with E-state index >= 15 is 0 Å². The van der Waals surface area contributed by atoms with Crippen LogP contribution >= 0.6 is 0 Å². The maximum atomic E-state index is 14.3. The van der Waals surface area contributed by atoms with Gasteiger partial charge in [0.25, 0.3) is 0 Å². The van der Waals surface area contributed by atoms with E-state index in [2.05, 4.69) is 20.9 Å². The largest absolute Gasteiger partial charge is 0.388 e. The Hall–Kier alpha value is -2.85. The van der Waals surface area contributed by atoms with E-state index in [-0.39, 0.29) is 24.4 Å². The smallest absolute Gasteiger partial charge is 0.242 e. The number of aryl methyl sites for hydroxylation is 1. The lowest BCUT2D eigenvalue weighted by Crippen LogP contribution is -2.48. The first-order chi connectivity index (χ1) is 17.2. The topological polar surface area (TPSA) is 108 Å². The number of nitrogens with zero attached hydrogens (tertiary/aromatic N) is 2. The maximum absolute atomic E-state index is 14.3. The second-order valence-electron chi connectivity index (χ2n) is 10.1. The highest BCUT2D eigenvalue weighted by Gasteiger charge is 2.35. The van der Waals surface area contributed by atoms with Crippen molar-refractivity contribution in [2.24, 2.45) is 0 Å². The number of aromatic nitrogens is 2. The van der Waals surface area contributed by atoms with Gasteiger partial charge in [-0.25, -0.2) is 13.8 Å². The number of rotatable bonds is 10. The van der Waals surface area contributed by atoms with Crippen LogP contribution in [0.2, 0.25) is 0 Å². The monoisotopic (exact) mass is 503 g/mol. The van der Waals surface area contributed by atoms with Crippen LogP contribution < -0.4 is 16.0 Å². The number of hydrogen-bond acceptors (Lipinski definition) is 5. The van der Waals surface area contributed by atoms with Gasteiger partial charge in [0.05, 0.1) is 18.0 Å². The zero-order chi connectivity index (χ0) is 25.9. The van der Waals surface area contributed by atoms with Gasteiger partial charge in [0, 0.05) is 24.8 Å². The molecule has 0 saturated heterocycles. The summed E-state index contributed by atoms with van der Waals surface area (Å²) >= 11 is 0. The highest BCUT2D eigenvalue weighted by molar-refractivity contribution is 5.94. The number of carbonyl (C=O) groups is 2. The molecule has 2 aromatic rings. The predicted octanol–water partition coefficient (Wildman–Crippen LogP) is 3.01. The number of amides is 2. The molecule has 3 atom stereocenters. The van der Waals surface area contributed by atoms with Crippen LogP contribution in [0.5, 0.6) is 0 Å². The van der Waals surface area contributed by atoms with Crippen LogP contribution in [0.4, 0.5) is 14.6 Å². The van der Waals surface area contributed by atoms with Gasteiger partial charge in [0.15, 0.2) is 5.82 Å². The predicted molar refractivity (Wildman–Crippen MR) is 131 cm³/mol. The normalized spacial score (nSPS) is 20.1. The third-order valence-electron chi connectivity index (χ3n) is 7.35. The van der Waals surface area contributed by atoms with Crippen molar-refractivity contribution < 1.29 is 23.5 Å².